The van der Waals surface area contributed by atoms with Gasteiger partial charge in [0.05, 0.1) is 5.69 Å². The number of benzene rings is 1. The van der Waals surface area contributed by atoms with Crippen LogP contribution in [-0.4, -0.2) is 40.9 Å². The Morgan fingerprint density at radius 3 is 2.88 bits per heavy atom. The van der Waals surface area contributed by atoms with E-state index in [-0.39, 0.29) is 5.82 Å². The summed E-state index contributed by atoms with van der Waals surface area (Å²) < 4.78 is 15.4. The van der Waals surface area contributed by atoms with Crippen LogP contribution < -0.4 is 5.32 Å². The van der Waals surface area contributed by atoms with Crippen molar-refractivity contribution in [1.29, 1.82) is 0 Å². The van der Waals surface area contributed by atoms with Gasteiger partial charge in [-0.25, -0.2) is 4.39 Å². The third-order valence-electron chi connectivity index (χ3n) is 5.47. The van der Waals surface area contributed by atoms with Gasteiger partial charge in [0.15, 0.2) is 0 Å². The Kier molecular flexibility index (Phi) is 4.37. The molecular formula is C19H25FN4. The minimum absolute atomic E-state index is 0.200. The molecule has 0 spiro atoms. The number of halogens is 1. The molecule has 0 aliphatic carbocycles. The van der Waals surface area contributed by atoms with Crippen LogP contribution in [0.2, 0.25) is 0 Å². The van der Waals surface area contributed by atoms with Crippen molar-refractivity contribution in [2.45, 2.75) is 44.8 Å². The molecule has 5 heteroatoms. The topological polar surface area (TPSA) is 33.1 Å². The van der Waals surface area contributed by atoms with E-state index in [0.29, 0.717) is 6.04 Å². The number of aromatic nitrogens is 2. The van der Waals surface area contributed by atoms with Gasteiger partial charge in [-0.05, 0) is 57.1 Å². The van der Waals surface area contributed by atoms with Crippen molar-refractivity contribution < 1.29 is 4.39 Å². The molecule has 4 rings (SSSR count). The van der Waals surface area contributed by atoms with Gasteiger partial charge in [-0.3, -0.25) is 4.68 Å². The Morgan fingerprint density at radius 1 is 1.29 bits per heavy atom. The van der Waals surface area contributed by atoms with E-state index in [0.717, 1.165) is 43.7 Å². The van der Waals surface area contributed by atoms with Crippen molar-refractivity contribution in [3.63, 3.8) is 0 Å². The summed E-state index contributed by atoms with van der Waals surface area (Å²) in [5, 5.41) is 8.36. The molecule has 24 heavy (non-hydrogen) atoms. The van der Waals surface area contributed by atoms with Gasteiger partial charge >= 0.3 is 0 Å². The van der Waals surface area contributed by atoms with Gasteiger partial charge in [0.25, 0.3) is 0 Å². The van der Waals surface area contributed by atoms with E-state index in [2.05, 4.69) is 21.9 Å². The first kappa shape index (κ1) is 15.8. The van der Waals surface area contributed by atoms with Gasteiger partial charge in [-0.1, -0.05) is 0 Å². The Bertz CT molecular complexity index is 707. The number of nitrogens with zero attached hydrogens (tertiary/aromatic N) is 3. The fourth-order valence-electron chi connectivity index (χ4n) is 4.06. The smallest absolute Gasteiger partial charge is 0.123 e. The molecule has 0 amide bonds. The summed E-state index contributed by atoms with van der Waals surface area (Å²) >= 11 is 0. The first-order valence-corrected chi connectivity index (χ1v) is 8.98. The lowest BCUT2D eigenvalue weighted by Crippen LogP contribution is -2.28. The number of aryl methyl sites for hydroxylation is 1. The highest BCUT2D eigenvalue weighted by Gasteiger charge is 2.24. The second-order valence-corrected chi connectivity index (χ2v) is 7.00. The quantitative estimate of drug-likeness (QED) is 0.937. The third kappa shape index (κ3) is 2.98. The van der Waals surface area contributed by atoms with E-state index in [9.17, 15) is 4.39 Å². The van der Waals surface area contributed by atoms with E-state index < -0.39 is 0 Å². The highest BCUT2D eigenvalue weighted by molar-refractivity contribution is 5.64. The summed E-state index contributed by atoms with van der Waals surface area (Å²) in [6, 6.07) is 7.39. The number of fused-ring (bicyclic) bond motifs is 1. The fraction of sp³-hybridized carbons (Fsp3) is 0.526. The molecule has 2 aliphatic heterocycles. The standard InChI is InChI=1S/C19H25FN4/c1-23-11-2-3-16(23)9-12-24-18-8-10-21-13-17(18)19(22-24)14-4-6-15(20)7-5-14/h4-7,16,21H,2-3,8-13H2,1H3. The average Bonchev–Trinajstić information content (AvgIpc) is 3.17. The maximum atomic E-state index is 13.2. The first-order chi connectivity index (χ1) is 11.7. The predicted molar refractivity (Wildman–Crippen MR) is 93.3 cm³/mol. The van der Waals surface area contributed by atoms with Crippen molar-refractivity contribution in [2.24, 2.45) is 0 Å². The van der Waals surface area contributed by atoms with Crippen molar-refractivity contribution in [1.82, 2.24) is 20.0 Å². The minimum Gasteiger partial charge on any atom is -0.312 e. The fourth-order valence-corrected chi connectivity index (χ4v) is 4.06. The average molecular weight is 328 g/mol. The monoisotopic (exact) mass is 328 g/mol. The molecule has 3 heterocycles. The number of hydrogen-bond acceptors (Lipinski definition) is 3. The number of nitrogens with one attached hydrogen (secondary N) is 1. The lowest BCUT2D eigenvalue weighted by Gasteiger charge is -2.20. The van der Waals surface area contributed by atoms with Gasteiger partial charge in [0.2, 0.25) is 0 Å². The van der Waals surface area contributed by atoms with E-state index >= 15 is 0 Å². The van der Waals surface area contributed by atoms with Gasteiger partial charge in [-0.15, -0.1) is 0 Å². The van der Waals surface area contributed by atoms with Crippen LogP contribution in [0, 0.1) is 5.82 Å². The van der Waals surface area contributed by atoms with Crippen molar-refractivity contribution >= 4 is 0 Å². The maximum absolute atomic E-state index is 13.2. The molecule has 0 saturated carbocycles. The summed E-state index contributed by atoms with van der Waals surface area (Å²) in [5.41, 5.74) is 4.66. The van der Waals surface area contributed by atoms with Gasteiger partial charge in [0, 0.05) is 48.9 Å². The molecule has 1 N–H and O–H groups in total. The molecule has 2 aromatic rings. The summed E-state index contributed by atoms with van der Waals surface area (Å²) in [6.45, 7) is 4.04. The molecule has 1 atom stereocenters. The van der Waals surface area contributed by atoms with E-state index in [4.69, 9.17) is 5.10 Å². The maximum Gasteiger partial charge on any atom is 0.123 e. The van der Waals surface area contributed by atoms with Crippen molar-refractivity contribution in [3.8, 4) is 11.3 Å². The van der Waals surface area contributed by atoms with Crippen molar-refractivity contribution in [3.05, 3.63) is 41.3 Å². The van der Waals surface area contributed by atoms with Crippen LogP contribution in [0.25, 0.3) is 11.3 Å². The van der Waals surface area contributed by atoms with E-state index in [1.165, 1.54) is 42.8 Å². The Hall–Kier alpha value is -1.72. The van der Waals surface area contributed by atoms with Crippen LogP contribution in [0.3, 0.4) is 0 Å². The van der Waals surface area contributed by atoms with Crippen LogP contribution in [-0.2, 0) is 19.5 Å². The molecule has 0 radical (unpaired) electrons. The van der Waals surface area contributed by atoms with Gasteiger partial charge in [-0.2, -0.15) is 5.10 Å². The zero-order chi connectivity index (χ0) is 16.5. The summed E-state index contributed by atoms with van der Waals surface area (Å²) in [4.78, 5) is 2.47. The molecule has 0 bridgehead atoms. The highest BCUT2D eigenvalue weighted by Crippen LogP contribution is 2.28. The molecule has 2 aliphatic rings. The Labute approximate surface area is 142 Å². The third-order valence-corrected chi connectivity index (χ3v) is 5.47. The summed E-state index contributed by atoms with van der Waals surface area (Å²) in [5.74, 6) is -0.200. The zero-order valence-electron chi connectivity index (χ0n) is 14.3. The normalized spacial score (nSPS) is 21.2. The number of hydrogen-bond donors (Lipinski definition) is 1. The summed E-state index contributed by atoms with van der Waals surface area (Å²) in [6.07, 6.45) is 4.78. The molecular weight excluding hydrogens is 303 g/mol. The second kappa shape index (κ2) is 6.65. The van der Waals surface area contributed by atoms with Crippen LogP contribution in [0.5, 0.6) is 0 Å². The van der Waals surface area contributed by atoms with Crippen LogP contribution in [0.1, 0.15) is 30.5 Å². The predicted octanol–water partition coefficient (Wildman–Crippen LogP) is 2.82. The largest absolute Gasteiger partial charge is 0.312 e. The summed E-state index contributed by atoms with van der Waals surface area (Å²) in [7, 11) is 2.23. The lowest BCUT2D eigenvalue weighted by molar-refractivity contribution is 0.281. The Balaban J connectivity index is 1.61. The molecule has 1 fully saturated rings. The minimum atomic E-state index is -0.200. The van der Waals surface area contributed by atoms with Crippen LogP contribution in [0.15, 0.2) is 24.3 Å². The number of rotatable bonds is 4. The lowest BCUT2D eigenvalue weighted by atomic mass is 10.0. The molecule has 4 nitrogen and oxygen atoms in total. The second-order valence-electron chi connectivity index (χ2n) is 7.00. The van der Waals surface area contributed by atoms with Crippen LogP contribution in [0.4, 0.5) is 4.39 Å². The van der Waals surface area contributed by atoms with Gasteiger partial charge < -0.3 is 10.2 Å². The first-order valence-electron chi connectivity index (χ1n) is 8.98. The van der Waals surface area contributed by atoms with Crippen LogP contribution >= 0.6 is 0 Å². The SMILES string of the molecule is CN1CCCC1CCn1nc(-c2ccc(F)cc2)c2c1CCNC2. The van der Waals surface area contributed by atoms with Gasteiger partial charge in [0.1, 0.15) is 5.82 Å². The molecule has 1 saturated heterocycles. The molecule has 1 aromatic heterocycles. The van der Waals surface area contributed by atoms with E-state index in [1.54, 1.807) is 0 Å². The highest BCUT2D eigenvalue weighted by atomic mass is 19.1. The number of likely N-dealkylation sites (tertiary alicyclic amines) is 1. The molecule has 128 valence electrons. The van der Waals surface area contributed by atoms with E-state index in [1.807, 2.05) is 12.1 Å². The zero-order valence-corrected chi connectivity index (χ0v) is 14.3. The molecule has 1 aromatic carbocycles. The van der Waals surface area contributed by atoms with Crippen molar-refractivity contribution in [2.75, 3.05) is 20.1 Å². The molecule has 1 unspecified atom stereocenters. The Morgan fingerprint density at radius 2 is 2.12 bits per heavy atom.